The van der Waals surface area contributed by atoms with Crippen LogP contribution < -0.4 is 5.73 Å². The Hall–Kier alpha value is -0.920. The average Bonchev–Trinajstić information content (AvgIpc) is 3.05. The molecule has 0 aliphatic carbocycles. The zero-order valence-electron chi connectivity index (χ0n) is 11.1. The summed E-state index contributed by atoms with van der Waals surface area (Å²) in [5.41, 5.74) is 6.26. The van der Waals surface area contributed by atoms with Gasteiger partial charge in [0.2, 0.25) is 0 Å². The van der Waals surface area contributed by atoms with Gasteiger partial charge in [0.05, 0.1) is 10.8 Å². The van der Waals surface area contributed by atoms with Crippen molar-refractivity contribution in [2.75, 3.05) is 6.54 Å². The van der Waals surface area contributed by atoms with E-state index in [0.717, 1.165) is 35.1 Å². The van der Waals surface area contributed by atoms with E-state index in [2.05, 4.69) is 29.0 Å². The minimum Gasteiger partial charge on any atom is -0.332 e. The zero-order valence-corrected chi connectivity index (χ0v) is 12.8. The van der Waals surface area contributed by atoms with Crippen molar-refractivity contribution in [3.8, 4) is 11.6 Å². The van der Waals surface area contributed by atoms with Crippen LogP contribution in [0.25, 0.3) is 11.6 Å². The van der Waals surface area contributed by atoms with E-state index in [4.69, 9.17) is 10.3 Å². The van der Waals surface area contributed by atoms with Crippen LogP contribution in [-0.2, 0) is 12.2 Å². The van der Waals surface area contributed by atoms with Gasteiger partial charge in [0, 0.05) is 17.1 Å². The first-order chi connectivity index (χ1) is 9.22. The third-order valence-electron chi connectivity index (χ3n) is 2.67. The highest BCUT2D eigenvalue weighted by molar-refractivity contribution is 7.99. The summed E-state index contributed by atoms with van der Waals surface area (Å²) in [6.07, 6.45) is 1.93. The average molecular weight is 298 g/mol. The SMILES string of the molecule is CCC(C)SCc1noc(-c2csc(CCN)n2)n1. The van der Waals surface area contributed by atoms with Gasteiger partial charge in [-0.3, -0.25) is 0 Å². The zero-order chi connectivity index (χ0) is 13.7. The second kappa shape index (κ2) is 7.02. The van der Waals surface area contributed by atoms with Gasteiger partial charge in [0.15, 0.2) is 5.82 Å². The van der Waals surface area contributed by atoms with E-state index < -0.39 is 0 Å². The van der Waals surface area contributed by atoms with E-state index in [-0.39, 0.29) is 0 Å². The minimum absolute atomic E-state index is 0.499. The Morgan fingerprint density at radius 3 is 3.05 bits per heavy atom. The minimum atomic E-state index is 0.499. The molecule has 2 N–H and O–H groups in total. The summed E-state index contributed by atoms with van der Waals surface area (Å²) in [7, 11) is 0. The number of thiazole rings is 1. The van der Waals surface area contributed by atoms with Crippen LogP contribution >= 0.6 is 23.1 Å². The summed E-state index contributed by atoms with van der Waals surface area (Å²) in [4.78, 5) is 8.80. The third kappa shape index (κ3) is 4.02. The van der Waals surface area contributed by atoms with Gasteiger partial charge in [0.1, 0.15) is 5.69 Å². The van der Waals surface area contributed by atoms with Crippen LogP contribution in [0.5, 0.6) is 0 Å². The van der Waals surface area contributed by atoms with Crippen molar-refractivity contribution in [1.82, 2.24) is 15.1 Å². The van der Waals surface area contributed by atoms with E-state index in [1.165, 1.54) is 0 Å². The first-order valence-corrected chi connectivity index (χ1v) is 8.24. The lowest BCUT2D eigenvalue weighted by Crippen LogP contribution is -2.01. The van der Waals surface area contributed by atoms with Gasteiger partial charge < -0.3 is 10.3 Å². The smallest absolute Gasteiger partial charge is 0.277 e. The van der Waals surface area contributed by atoms with E-state index in [1.807, 2.05) is 17.1 Å². The van der Waals surface area contributed by atoms with Gasteiger partial charge >= 0.3 is 0 Å². The highest BCUT2D eigenvalue weighted by atomic mass is 32.2. The highest BCUT2D eigenvalue weighted by Gasteiger charge is 2.13. The summed E-state index contributed by atoms with van der Waals surface area (Å²) >= 11 is 3.41. The molecule has 2 heterocycles. The fraction of sp³-hybridized carbons (Fsp3) is 0.583. The van der Waals surface area contributed by atoms with Crippen molar-refractivity contribution in [2.45, 2.75) is 37.7 Å². The maximum atomic E-state index is 5.51. The van der Waals surface area contributed by atoms with Gasteiger partial charge in [-0.25, -0.2) is 4.98 Å². The molecule has 5 nitrogen and oxygen atoms in total. The lowest BCUT2D eigenvalue weighted by atomic mass is 10.4. The van der Waals surface area contributed by atoms with Crippen molar-refractivity contribution in [2.24, 2.45) is 5.73 Å². The predicted molar refractivity (Wildman–Crippen MR) is 79.2 cm³/mol. The summed E-state index contributed by atoms with van der Waals surface area (Å²) < 4.78 is 5.25. The Bertz CT molecular complexity index is 511. The first kappa shape index (κ1) is 14.5. The molecule has 104 valence electrons. The van der Waals surface area contributed by atoms with E-state index in [0.29, 0.717) is 17.7 Å². The quantitative estimate of drug-likeness (QED) is 0.847. The van der Waals surface area contributed by atoms with Crippen LogP contribution in [0, 0.1) is 0 Å². The first-order valence-electron chi connectivity index (χ1n) is 6.32. The molecule has 2 aromatic rings. The van der Waals surface area contributed by atoms with Crippen LogP contribution in [0.2, 0.25) is 0 Å². The molecule has 1 atom stereocenters. The monoisotopic (exact) mass is 298 g/mol. The van der Waals surface area contributed by atoms with Crippen LogP contribution in [0.15, 0.2) is 9.90 Å². The van der Waals surface area contributed by atoms with E-state index >= 15 is 0 Å². The maximum absolute atomic E-state index is 5.51. The molecule has 0 spiro atoms. The number of nitrogens with zero attached hydrogens (tertiary/aromatic N) is 3. The molecular weight excluding hydrogens is 280 g/mol. The molecule has 0 fully saturated rings. The molecule has 19 heavy (non-hydrogen) atoms. The Kier molecular flexibility index (Phi) is 5.35. The summed E-state index contributed by atoms with van der Waals surface area (Å²) in [5.74, 6) is 2.01. The number of nitrogens with two attached hydrogens (primary N) is 1. The largest absolute Gasteiger partial charge is 0.332 e. The van der Waals surface area contributed by atoms with Gasteiger partial charge in [-0.15, -0.1) is 11.3 Å². The number of hydrogen-bond donors (Lipinski definition) is 1. The van der Waals surface area contributed by atoms with Gasteiger partial charge in [0.25, 0.3) is 5.89 Å². The molecule has 7 heteroatoms. The Labute approximate surface area is 121 Å². The number of rotatable bonds is 7. The van der Waals surface area contributed by atoms with Crippen LogP contribution in [0.3, 0.4) is 0 Å². The van der Waals surface area contributed by atoms with Crippen LogP contribution in [0.1, 0.15) is 31.1 Å². The third-order valence-corrected chi connectivity index (χ3v) is 4.90. The Morgan fingerprint density at radius 2 is 2.32 bits per heavy atom. The maximum Gasteiger partial charge on any atom is 0.277 e. The second-order valence-corrected chi connectivity index (χ2v) is 6.58. The fourth-order valence-electron chi connectivity index (χ4n) is 1.40. The topological polar surface area (TPSA) is 77.8 Å². The summed E-state index contributed by atoms with van der Waals surface area (Å²) in [6, 6.07) is 0. The predicted octanol–water partition coefficient (Wildman–Crippen LogP) is 2.73. The molecule has 0 aliphatic rings. The Morgan fingerprint density at radius 1 is 1.47 bits per heavy atom. The number of hydrogen-bond acceptors (Lipinski definition) is 7. The standard InChI is InChI=1S/C12H18N4OS2/c1-3-8(2)18-7-10-15-12(17-16-10)9-6-19-11(14-9)4-5-13/h6,8H,3-5,7,13H2,1-2H3. The lowest BCUT2D eigenvalue weighted by Gasteiger charge is -2.04. The van der Waals surface area contributed by atoms with E-state index in [9.17, 15) is 0 Å². The normalized spacial score (nSPS) is 12.8. The van der Waals surface area contributed by atoms with Gasteiger partial charge in [-0.1, -0.05) is 19.0 Å². The lowest BCUT2D eigenvalue weighted by molar-refractivity contribution is 0.424. The van der Waals surface area contributed by atoms with Crippen molar-refractivity contribution >= 4 is 23.1 Å². The number of thioether (sulfide) groups is 1. The van der Waals surface area contributed by atoms with Crippen LogP contribution in [0.4, 0.5) is 0 Å². The molecule has 2 rings (SSSR count). The molecule has 0 bridgehead atoms. The van der Waals surface area contributed by atoms with Crippen molar-refractivity contribution in [1.29, 1.82) is 0 Å². The van der Waals surface area contributed by atoms with Gasteiger partial charge in [-0.2, -0.15) is 16.7 Å². The van der Waals surface area contributed by atoms with E-state index in [1.54, 1.807) is 11.3 Å². The molecule has 0 radical (unpaired) electrons. The van der Waals surface area contributed by atoms with Gasteiger partial charge in [-0.05, 0) is 13.0 Å². The molecular formula is C12H18N4OS2. The molecule has 0 aliphatic heterocycles. The van der Waals surface area contributed by atoms with Crippen molar-refractivity contribution < 1.29 is 4.52 Å². The molecule has 0 saturated carbocycles. The molecule has 1 unspecified atom stereocenters. The molecule has 0 aromatic carbocycles. The number of aromatic nitrogens is 3. The van der Waals surface area contributed by atoms with Crippen LogP contribution in [-0.4, -0.2) is 26.9 Å². The molecule has 2 aromatic heterocycles. The highest BCUT2D eigenvalue weighted by Crippen LogP contribution is 2.23. The fourth-order valence-corrected chi connectivity index (χ4v) is 2.97. The summed E-state index contributed by atoms with van der Waals surface area (Å²) in [5, 5.41) is 7.54. The summed E-state index contributed by atoms with van der Waals surface area (Å²) in [6.45, 7) is 4.98. The van der Waals surface area contributed by atoms with Crippen molar-refractivity contribution in [3.63, 3.8) is 0 Å². The molecule has 0 amide bonds. The second-order valence-electron chi connectivity index (χ2n) is 4.21. The Balaban J connectivity index is 1.99. The van der Waals surface area contributed by atoms with Crippen molar-refractivity contribution in [3.05, 3.63) is 16.2 Å². The molecule has 0 saturated heterocycles.